The van der Waals surface area contributed by atoms with Crippen LogP contribution in [0.3, 0.4) is 0 Å². The fourth-order valence-electron chi connectivity index (χ4n) is 3.20. The molecule has 5 nitrogen and oxygen atoms in total. The van der Waals surface area contributed by atoms with Crippen molar-refractivity contribution in [2.45, 2.75) is 32.2 Å². The summed E-state index contributed by atoms with van der Waals surface area (Å²) in [4.78, 5) is 11.4. The lowest BCUT2D eigenvalue weighted by atomic mass is 9.98. The van der Waals surface area contributed by atoms with Gasteiger partial charge in [-0.3, -0.25) is 4.99 Å². The Kier molecular flexibility index (Phi) is 5.91. The van der Waals surface area contributed by atoms with Crippen LogP contribution in [-0.4, -0.2) is 43.1 Å². The molecule has 2 heterocycles. The number of thiazole rings is 1. The van der Waals surface area contributed by atoms with Crippen molar-refractivity contribution in [3.63, 3.8) is 0 Å². The van der Waals surface area contributed by atoms with Crippen LogP contribution in [-0.2, 0) is 13.0 Å². The van der Waals surface area contributed by atoms with Gasteiger partial charge < -0.3 is 15.0 Å². The van der Waals surface area contributed by atoms with Crippen LogP contribution in [0.25, 0.3) is 0 Å². The number of guanidine groups is 1. The second-order valence-electron chi connectivity index (χ2n) is 6.19. The predicted octanol–water partition coefficient (Wildman–Crippen LogP) is 3.28. The van der Waals surface area contributed by atoms with Crippen LogP contribution < -0.4 is 10.1 Å². The maximum Gasteiger partial charge on any atom is 0.193 e. The SMILES string of the molecule is CCc1nc(CNC(=NC)N2CCC(c3ccc(OC)cc3)C2)cs1. The zero-order chi connectivity index (χ0) is 17.6. The molecule has 2 aromatic rings. The van der Waals surface area contributed by atoms with Gasteiger partial charge in [0.2, 0.25) is 0 Å². The van der Waals surface area contributed by atoms with Crippen LogP contribution in [0.4, 0.5) is 0 Å². The predicted molar refractivity (Wildman–Crippen MR) is 104 cm³/mol. The summed E-state index contributed by atoms with van der Waals surface area (Å²) in [5.41, 5.74) is 2.46. The van der Waals surface area contributed by atoms with Crippen LogP contribution in [0, 0.1) is 0 Å². The third-order valence-corrected chi connectivity index (χ3v) is 5.66. The van der Waals surface area contributed by atoms with E-state index in [4.69, 9.17) is 4.74 Å². The Morgan fingerprint density at radius 3 is 2.84 bits per heavy atom. The molecule has 1 aliphatic heterocycles. The third kappa shape index (κ3) is 4.31. The first-order chi connectivity index (χ1) is 12.2. The first-order valence-corrected chi connectivity index (χ1v) is 9.64. The Hall–Kier alpha value is -2.08. The summed E-state index contributed by atoms with van der Waals surface area (Å²) < 4.78 is 5.25. The molecule has 1 atom stereocenters. The highest BCUT2D eigenvalue weighted by Gasteiger charge is 2.26. The third-order valence-electron chi connectivity index (χ3n) is 4.62. The molecule has 0 radical (unpaired) electrons. The molecule has 0 saturated carbocycles. The number of rotatable bonds is 5. The largest absolute Gasteiger partial charge is 0.497 e. The van der Waals surface area contributed by atoms with Crippen molar-refractivity contribution in [1.29, 1.82) is 0 Å². The summed E-state index contributed by atoms with van der Waals surface area (Å²) in [6.45, 7) is 4.88. The summed E-state index contributed by atoms with van der Waals surface area (Å²) in [6.07, 6.45) is 2.14. The van der Waals surface area contributed by atoms with Crippen molar-refractivity contribution in [3.05, 3.63) is 45.9 Å². The number of hydrogen-bond donors (Lipinski definition) is 1. The van der Waals surface area contributed by atoms with Crippen LogP contribution >= 0.6 is 11.3 Å². The lowest BCUT2D eigenvalue weighted by Crippen LogP contribution is -2.39. The van der Waals surface area contributed by atoms with Crippen LogP contribution in [0.2, 0.25) is 0 Å². The second-order valence-corrected chi connectivity index (χ2v) is 7.13. The Bertz CT molecular complexity index is 710. The van der Waals surface area contributed by atoms with Gasteiger partial charge in [-0.25, -0.2) is 4.98 Å². The highest BCUT2D eigenvalue weighted by molar-refractivity contribution is 7.09. The Labute approximate surface area is 153 Å². The van der Waals surface area contributed by atoms with E-state index in [0.29, 0.717) is 5.92 Å². The standard InChI is InChI=1S/C19H26N4OS/c1-4-18-22-16(13-25-18)11-21-19(20-2)23-10-9-15(12-23)14-5-7-17(24-3)8-6-14/h5-8,13,15H,4,9-12H2,1-3H3,(H,20,21). The van der Waals surface area contributed by atoms with Crippen LogP contribution in [0.15, 0.2) is 34.6 Å². The fraction of sp³-hybridized carbons (Fsp3) is 0.474. The topological polar surface area (TPSA) is 49.8 Å². The molecule has 0 amide bonds. The Morgan fingerprint density at radius 2 is 2.20 bits per heavy atom. The van der Waals surface area contributed by atoms with E-state index in [-0.39, 0.29) is 0 Å². The van der Waals surface area contributed by atoms with Crippen molar-refractivity contribution in [3.8, 4) is 5.75 Å². The van der Waals surface area contributed by atoms with Gasteiger partial charge in [0.05, 0.1) is 24.4 Å². The first kappa shape index (κ1) is 17.7. The molecule has 1 aromatic carbocycles. The molecule has 1 N–H and O–H groups in total. The number of likely N-dealkylation sites (tertiary alicyclic amines) is 1. The summed E-state index contributed by atoms with van der Waals surface area (Å²) >= 11 is 1.73. The number of hydrogen-bond acceptors (Lipinski definition) is 4. The van der Waals surface area contributed by atoms with Crippen molar-refractivity contribution < 1.29 is 4.74 Å². The quantitative estimate of drug-likeness (QED) is 0.658. The van der Waals surface area contributed by atoms with Crippen molar-refractivity contribution in [2.75, 3.05) is 27.2 Å². The second kappa shape index (κ2) is 8.34. The number of methoxy groups -OCH3 is 1. The van der Waals surface area contributed by atoms with Gasteiger partial charge in [-0.05, 0) is 30.5 Å². The number of nitrogens with one attached hydrogen (secondary N) is 1. The number of nitrogens with zero attached hydrogens (tertiary/aromatic N) is 3. The molecule has 0 bridgehead atoms. The number of aryl methyl sites for hydroxylation is 1. The molecule has 1 aliphatic rings. The molecule has 6 heteroatoms. The Balaban J connectivity index is 1.57. The number of aromatic nitrogens is 1. The van der Waals surface area contributed by atoms with Gasteiger partial charge >= 0.3 is 0 Å². The van der Waals surface area contributed by atoms with E-state index in [1.807, 2.05) is 19.2 Å². The van der Waals surface area contributed by atoms with Gasteiger partial charge in [-0.15, -0.1) is 11.3 Å². The normalized spacial score (nSPS) is 17.8. The molecule has 1 unspecified atom stereocenters. The van der Waals surface area contributed by atoms with Gasteiger partial charge in [-0.2, -0.15) is 0 Å². The molecule has 1 fully saturated rings. The average molecular weight is 359 g/mol. The minimum Gasteiger partial charge on any atom is -0.497 e. The van der Waals surface area contributed by atoms with Crippen molar-refractivity contribution in [1.82, 2.24) is 15.2 Å². The van der Waals surface area contributed by atoms with E-state index in [1.54, 1.807) is 18.4 Å². The van der Waals surface area contributed by atoms with Crippen molar-refractivity contribution >= 4 is 17.3 Å². The maximum atomic E-state index is 5.25. The van der Waals surface area contributed by atoms with Gasteiger partial charge in [0, 0.05) is 31.4 Å². The zero-order valence-corrected chi connectivity index (χ0v) is 16.0. The molecular formula is C19H26N4OS. The van der Waals surface area contributed by atoms with E-state index in [2.05, 4.69) is 44.6 Å². The molecule has 25 heavy (non-hydrogen) atoms. The smallest absolute Gasteiger partial charge is 0.193 e. The molecule has 1 aromatic heterocycles. The summed E-state index contributed by atoms with van der Waals surface area (Å²) in [5.74, 6) is 2.41. The molecular weight excluding hydrogens is 332 g/mol. The van der Waals surface area contributed by atoms with Crippen LogP contribution in [0.1, 0.15) is 35.5 Å². The van der Waals surface area contributed by atoms with E-state index in [1.165, 1.54) is 10.6 Å². The van der Waals surface area contributed by atoms with E-state index >= 15 is 0 Å². The van der Waals surface area contributed by atoms with Crippen LogP contribution in [0.5, 0.6) is 5.75 Å². The van der Waals surface area contributed by atoms with Gasteiger partial charge in [0.25, 0.3) is 0 Å². The summed E-state index contributed by atoms with van der Waals surface area (Å²) in [7, 11) is 3.55. The fourth-order valence-corrected chi connectivity index (χ4v) is 3.94. The number of ether oxygens (including phenoxy) is 1. The van der Waals surface area contributed by atoms with Gasteiger partial charge in [0.1, 0.15) is 5.75 Å². The molecule has 0 aliphatic carbocycles. The molecule has 134 valence electrons. The number of aliphatic imine (C=N–C) groups is 1. The number of benzene rings is 1. The van der Waals surface area contributed by atoms with Gasteiger partial charge in [-0.1, -0.05) is 19.1 Å². The lowest BCUT2D eigenvalue weighted by molar-refractivity contribution is 0.414. The average Bonchev–Trinajstić information content (AvgIpc) is 3.32. The van der Waals surface area contributed by atoms with E-state index < -0.39 is 0 Å². The molecule has 3 rings (SSSR count). The summed E-state index contributed by atoms with van der Waals surface area (Å²) in [5, 5.41) is 6.77. The minimum atomic E-state index is 0.537. The highest BCUT2D eigenvalue weighted by atomic mass is 32.1. The highest BCUT2D eigenvalue weighted by Crippen LogP contribution is 2.28. The molecule has 1 saturated heterocycles. The Morgan fingerprint density at radius 1 is 1.40 bits per heavy atom. The molecule has 0 spiro atoms. The van der Waals surface area contributed by atoms with E-state index in [9.17, 15) is 0 Å². The van der Waals surface area contributed by atoms with E-state index in [0.717, 1.165) is 49.9 Å². The lowest BCUT2D eigenvalue weighted by Gasteiger charge is -2.21. The van der Waals surface area contributed by atoms with Crippen molar-refractivity contribution in [2.24, 2.45) is 4.99 Å². The van der Waals surface area contributed by atoms with Gasteiger partial charge in [0.15, 0.2) is 5.96 Å². The maximum absolute atomic E-state index is 5.25. The summed E-state index contributed by atoms with van der Waals surface area (Å²) in [6, 6.07) is 8.42. The minimum absolute atomic E-state index is 0.537. The zero-order valence-electron chi connectivity index (χ0n) is 15.2. The first-order valence-electron chi connectivity index (χ1n) is 8.76. The monoisotopic (exact) mass is 358 g/mol.